The van der Waals surface area contributed by atoms with Crippen LogP contribution in [0.2, 0.25) is 0 Å². The number of ether oxygens (including phenoxy) is 1. The molecule has 3 aromatic rings. The standard InChI is InChI=1S/C13H11N5O3/c1-2-21-13-16-12-15-9(8-5-3-4-6-14-8)7-10(11(19)20)18(12)17-13/h3-7H,2H2,1H3,(H,19,20). The first-order valence-electron chi connectivity index (χ1n) is 6.24. The quantitative estimate of drug-likeness (QED) is 0.770. The number of rotatable bonds is 4. The molecule has 21 heavy (non-hydrogen) atoms. The Labute approximate surface area is 119 Å². The van der Waals surface area contributed by atoms with Crippen LogP contribution in [0.15, 0.2) is 30.5 Å². The van der Waals surface area contributed by atoms with E-state index in [1.54, 1.807) is 31.3 Å². The minimum atomic E-state index is -1.13. The summed E-state index contributed by atoms with van der Waals surface area (Å²) < 4.78 is 6.32. The van der Waals surface area contributed by atoms with Gasteiger partial charge < -0.3 is 9.84 Å². The summed E-state index contributed by atoms with van der Waals surface area (Å²) in [6, 6.07) is 6.80. The van der Waals surface area contributed by atoms with Crippen LogP contribution in [0.1, 0.15) is 17.4 Å². The lowest BCUT2D eigenvalue weighted by molar-refractivity contribution is 0.0687. The Morgan fingerprint density at radius 1 is 1.33 bits per heavy atom. The molecule has 106 valence electrons. The number of pyridine rings is 1. The molecule has 8 heteroatoms. The highest BCUT2D eigenvalue weighted by atomic mass is 16.5. The molecule has 0 bridgehead atoms. The molecule has 1 N–H and O–H groups in total. The van der Waals surface area contributed by atoms with Gasteiger partial charge in [-0.3, -0.25) is 4.98 Å². The molecule has 3 rings (SSSR count). The van der Waals surface area contributed by atoms with Gasteiger partial charge in [-0.2, -0.15) is 9.50 Å². The van der Waals surface area contributed by atoms with Crippen molar-refractivity contribution >= 4 is 11.7 Å². The Morgan fingerprint density at radius 3 is 2.86 bits per heavy atom. The van der Waals surface area contributed by atoms with Crippen LogP contribution in [0.25, 0.3) is 17.2 Å². The van der Waals surface area contributed by atoms with E-state index in [4.69, 9.17) is 4.74 Å². The summed E-state index contributed by atoms with van der Waals surface area (Å²) in [5, 5.41) is 13.3. The van der Waals surface area contributed by atoms with Gasteiger partial charge in [0.1, 0.15) is 0 Å². The van der Waals surface area contributed by atoms with Gasteiger partial charge in [-0.05, 0) is 25.1 Å². The van der Waals surface area contributed by atoms with Gasteiger partial charge in [0.15, 0.2) is 5.69 Å². The van der Waals surface area contributed by atoms with Crippen molar-refractivity contribution in [3.63, 3.8) is 0 Å². The molecule has 3 heterocycles. The van der Waals surface area contributed by atoms with Crippen LogP contribution in [0.3, 0.4) is 0 Å². The fraction of sp³-hybridized carbons (Fsp3) is 0.154. The Balaban J connectivity index is 2.22. The lowest BCUT2D eigenvalue weighted by Gasteiger charge is -2.02. The van der Waals surface area contributed by atoms with E-state index in [1.807, 2.05) is 0 Å². The van der Waals surface area contributed by atoms with Crippen molar-refractivity contribution in [1.82, 2.24) is 24.6 Å². The van der Waals surface area contributed by atoms with Gasteiger partial charge in [-0.1, -0.05) is 6.07 Å². The second-order valence-electron chi connectivity index (χ2n) is 4.09. The summed E-state index contributed by atoms with van der Waals surface area (Å²) in [4.78, 5) is 23.9. The zero-order valence-electron chi connectivity index (χ0n) is 11.1. The molecule has 0 aliphatic rings. The van der Waals surface area contributed by atoms with Gasteiger partial charge >= 0.3 is 12.0 Å². The fourth-order valence-electron chi connectivity index (χ4n) is 1.84. The normalized spacial score (nSPS) is 10.7. The summed E-state index contributed by atoms with van der Waals surface area (Å²) in [7, 11) is 0. The maximum absolute atomic E-state index is 11.4. The van der Waals surface area contributed by atoms with Crippen molar-refractivity contribution < 1.29 is 14.6 Å². The van der Waals surface area contributed by atoms with Gasteiger partial charge in [0.2, 0.25) is 0 Å². The molecule has 8 nitrogen and oxygen atoms in total. The van der Waals surface area contributed by atoms with Crippen LogP contribution >= 0.6 is 0 Å². The number of aromatic carboxylic acids is 1. The molecule has 0 radical (unpaired) electrons. The minimum absolute atomic E-state index is 0.0564. The highest BCUT2D eigenvalue weighted by Gasteiger charge is 2.17. The molecule has 0 aliphatic heterocycles. The number of hydrogen-bond acceptors (Lipinski definition) is 6. The molecule has 0 amide bonds. The number of hydrogen-bond donors (Lipinski definition) is 1. The van der Waals surface area contributed by atoms with Crippen molar-refractivity contribution in [2.45, 2.75) is 6.92 Å². The van der Waals surface area contributed by atoms with Crippen LogP contribution < -0.4 is 4.74 Å². The molecule has 0 saturated heterocycles. The number of fused-ring (bicyclic) bond motifs is 1. The molecule has 0 saturated carbocycles. The van der Waals surface area contributed by atoms with E-state index in [2.05, 4.69) is 20.1 Å². The number of carbonyl (C=O) groups is 1. The molecule has 0 unspecified atom stereocenters. The average molecular weight is 285 g/mol. The Kier molecular flexibility index (Phi) is 3.19. The van der Waals surface area contributed by atoms with E-state index in [1.165, 1.54) is 6.07 Å². The molecule has 0 spiro atoms. The first-order valence-corrected chi connectivity index (χ1v) is 6.24. The van der Waals surface area contributed by atoms with E-state index in [9.17, 15) is 9.90 Å². The first kappa shape index (κ1) is 13.0. The molecule has 0 aliphatic carbocycles. The van der Waals surface area contributed by atoms with Crippen LogP contribution in [0.5, 0.6) is 6.01 Å². The van der Waals surface area contributed by atoms with Gasteiger partial charge in [-0.25, -0.2) is 9.78 Å². The van der Waals surface area contributed by atoms with Crippen molar-refractivity contribution in [1.29, 1.82) is 0 Å². The molecule has 0 aromatic carbocycles. The Hall–Kier alpha value is -3.03. The van der Waals surface area contributed by atoms with Gasteiger partial charge in [0, 0.05) is 6.20 Å². The van der Waals surface area contributed by atoms with Gasteiger partial charge in [0.05, 0.1) is 18.0 Å². The number of nitrogens with zero attached hydrogens (tertiary/aromatic N) is 5. The maximum Gasteiger partial charge on any atom is 0.354 e. The summed E-state index contributed by atoms with van der Waals surface area (Å²) in [6.45, 7) is 2.17. The summed E-state index contributed by atoms with van der Waals surface area (Å²) in [5.74, 6) is -0.980. The number of carboxylic acids is 1. The summed E-state index contributed by atoms with van der Waals surface area (Å²) >= 11 is 0. The van der Waals surface area contributed by atoms with Crippen LogP contribution in [-0.4, -0.2) is 42.2 Å². The second kappa shape index (κ2) is 5.16. The second-order valence-corrected chi connectivity index (χ2v) is 4.09. The van der Waals surface area contributed by atoms with Gasteiger partial charge in [-0.15, -0.1) is 5.10 Å². The van der Waals surface area contributed by atoms with Crippen molar-refractivity contribution in [3.8, 4) is 17.4 Å². The summed E-state index contributed by atoms with van der Waals surface area (Å²) in [5.41, 5.74) is 0.915. The summed E-state index contributed by atoms with van der Waals surface area (Å²) in [6.07, 6.45) is 1.61. The van der Waals surface area contributed by atoms with Crippen LogP contribution in [-0.2, 0) is 0 Å². The molecular formula is C13H11N5O3. The molecule has 0 atom stereocenters. The number of carboxylic acid groups (broad SMARTS) is 1. The van der Waals surface area contributed by atoms with Crippen molar-refractivity contribution in [2.75, 3.05) is 6.61 Å². The third-order valence-corrected chi connectivity index (χ3v) is 2.71. The maximum atomic E-state index is 11.4. The third-order valence-electron chi connectivity index (χ3n) is 2.71. The average Bonchev–Trinajstić information content (AvgIpc) is 2.89. The smallest absolute Gasteiger partial charge is 0.354 e. The Morgan fingerprint density at radius 2 is 2.19 bits per heavy atom. The van der Waals surface area contributed by atoms with E-state index in [-0.39, 0.29) is 17.5 Å². The fourth-order valence-corrected chi connectivity index (χ4v) is 1.84. The SMILES string of the molecule is CCOc1nc2nc(-c3ccccn3)cc(C(=O)O)n2n1. The van der Waals surface area contributed by atoms with E-state index in [0.717, 1.165) is 4.52 Å². The number of aromatic nitrogens is 5. The monoisotopic (exact) mass is 285 g/mol. The van der Waals surface area contributed by atoms with Gasteiger partial charge in [0.25, 0.3) is 5.78 Å². The largest absolute Gasteiger partial charge is 0.477 e. The zero-order chi connectivity index (χ0) is 14.8. The molecular weight excluding hydrogens is 274 g/mol. The van der Waals surface area contributed by atoms with Crippen LogP contribution in [0, 0.1) is 0 Å². The molecule has 0 fully saturated rings. The van der Waals surface area contributed by atoms with E-state index < -0.39 is 5.97 Å². The van der Waals surface area contributed by atoms with Crippen molar-refractivity contribution in [3.05, 3.63) is 36.2 Å². The minimum Gasteiger partial charge on any atom is -0.477 e. The van der Waals surface area contributed by atoms with Crippen LogP contribution in [0.4, 0.5) is 0 Å². The van der Waals surface area contributed by atoms with Crippen molar-refractivity contribution in [2.24, 2.45) is 0 Å². The predicted molar refractivity (Wildman–Crippen MR) is 72.1 cm³/mol. The molecule has 3 aromatic heterocycles. The topological polar surface area (TPSA) is 102 Å². The zero-order valence-corrected chi connectivity index (χ0v) is 11.1. The predicted octanol–water partition coefficient (Wildman–Crippen LogP) is 1.28. The first-order chi connectivity index (χ1) is 10.2. The van der Waals surface area contributed by atoms with E-state index >= 15 is 0 Å². The third kappa shape index (κ3) is 2.38. The Bertz CT molecular complexity index is 800. The highest BCUT2D eigenvalue weighted by Crippen LogP contribution is 2.18. The van der Waals surface area contributed by atoms with E-state index in [0.29, 0.717) is 18.0 Å². The lowest BCUT2D eigenvalue weighted by Crippen LogP contribution is -2.08. The highest BCUT2D eigenvalue weighted by molar-refractivity contribution is 5.87. The lowest BCUT2D eigenvalue weighted by atomic mass is 10.2.